The highest BCUT2D eigenvalue weighted by molar-refractivity contribution is 6.31. The van der Waals surface area contributed by atoms with Crippen LogP contribution in [0.15, 0.2) is 24.3 Å². The maximum absolute atomic E-state index is 12.6. The Hall–Kier alpha value is -2.02. The molecule has 8 heteroatoms. The molecule has 2 N–H and O–H groups in total. The fourth-order valence-electron chi connectivity index (χ4n) is 1.44. The standard InChI is InChI=1S/C12H9ClF3N3O/c1-6-4-7(2-3-8(6)13)20-10-5-9(12(14,15)16)18-11(17)19-10/h2-5H,1H3,(H2,17,18,19). The Morgan fingerprint density at radius 3 is 2.50 bits per heavy atom. The van der Waals surface area contributed by atoms with Crippen molar-refractivity contribution < 1.29 is 17.9 Å². The molecule has 0 saturated carbocycles. The zero-order valence-electron chi connectivity index (χ0n) is 10.2. The Balaban J connectivity index is 2.33. The number of hydrogen-bond donors (Lipinski definition) is 1. The summed E-state index contributed by atoms with van der Waals surface area (Å²) in [5.74, 6) is -0.495. The molecular weight excluding hydrogens is 295 g/mol. The van der Waals surface area contributed by atoms with Crippen molar-refractivity contribution in [3.8, 4) is 11.6 Å². The molecule has 1 heterocycles. The van der Waals surface area contributed by atoms with E-state index in [0.717, 1.165) is 5.56 Å². The van der Waals surface area contributed by atoms with Gasteiger partial charge in [0, 0.05) is 11.1 Å². The molecule has 20 heavy (non-hydrogen) atoms. The number of nitrogens with zero attached hydrogens (tertiary/aromatic N) is 2. The van der Waals surface area contributed by atoms with Gasteiger partial charge in [0.15, 0.2) is 5.69 Å². The zero-order chi connectivity index (χ0) is 14.9. The molecule has 0 aliphatic heterocycles. The van der Waals surface area contributed by atoms with E-state index in [9.17, 15) is 13.2 Å². The van der Waals surface area contributed by atoms with Gasteiger partial charge in [0.1, 0.15) is 5.75 Å². The van der Waals surface area contributed by atoms with Gasteiger partial charge in [0.2, 0.25) is 11.8 Å². The molecule has 0 saturated heterocycles. The van der Waals surface area contributed by atoms with E-state index < -0.39 is 17.8 Å². The van der Waals surface area contributed by atoms with E-state index in [1.165, 1.54) is 6.07 Å². The van der Waals surface area contributed by atoms with Crippen LogP contribution in [-0.2, 0) is 6.18 Å². The minimum Gasteiger partial charge on any atom is -0.439 e. The number of aromatic nitrogens is 2. The van der Waals surface area contributed by atoms with Gasteiger partial charge in [-0.05, 0) is 30.7 Å². The van der Waals surface area contributed by atoms with E-state index in [1.54, 1.807) is 19.1 Å². The summed E-state index contributed by atoms with van der Waals surface area (Å²) < 4.78 is 43.0. The Morgan fingerprint density at radius 2 is 1.90 bits per heavy atom. The molecule has 0 bridgehead atoms. The largest absolute Gasteiger partial charge is 0.439 e. The quantitative estimate of drug-likeness (QED) is 0.916. The van der Waals surface area contributed by atoms with Crippen molar-refractivity contribution in [1.82, 2.24) is 9.97 Å². The molecule has 0 aliphatic rings. The number of nitrogens with two attached hydrogens (primary N) is 1. The van der Waals surface area contributed by atoms with Crippen molar-refractivity contribution in [2.24, 2.45) is 0 Å². The average Bonchev–Trinajstić information content (AvgIpc) is 2.32. The lowest BCUT2D eigenvalue weighted by Crippen LogP contribution is -2.11. The number of halogens is 4. The third kappa shape index (κ3) is 3.30. The van der Waals surface area contributed by atoms with Crippen LogP contribution in [-0.4, -0.2) is 9.97 Å². The lowest BCUT2D eigenvalue weighted by molar-refractivity contribution is -0.141. The maximum Gasteiger partial charge on any atom is 0.433 e. The molecule has 0 aliphatic carbocycles. The molecule has 0 unspecified atom stereocenters. The second-order valence-corrected chi connectivity index (χ2v) is 4.37. The van der Waals surface area contributed by atoms with Gasteiger partial charge in [-0.15, -0.1) is 0 Å². The summed E-state index contributed by atoms with van der Waals surface area (Å²) in [6.07, 6.45) is -4.62. The van der Waals surface area contributed by atoms with Crippen LogP contribution >= 0.6 is 11.6 Å². The first-order chi connectivity index (χ1) is 9.25. The highest BCUT2D eigenvalue weighted by Gasteiger charge is 2.33. The molecule has 106 valence electrons. The summed E-state index contributed by atoms with van der Waals surface area (Å²) >= 11 is 5.84. The first-order valence-electron chi connectivity index (χ1n) is 5.41. The number of ether oxygens (including phenoxy) is 1. The number of aryl methyl sites for hydroxylation is 1. The highest BCUT2D eigenvalue weighted by atomic mass is 35.5. The highest BCUT2D eigenvalue weighted by Crippen LogP contribution is 2.31. The predicted molar refractivity (Wildman–Crippen MR) is 67.7 cm³/mol. The molecule has 0 atom stereocenters. The van der Waals surface area contributed by atoms with Crippen molar-refractivity contribution in [2.45, 2.75) is 13.1 Å². The summed E-state index contributed by atoms with van der Waals surface area (Å²) in [6, 6.07) is 5.34. The van der Waals surface area contributed by atoms with E-state index in [4.69, 9.17) is 22.1 Å². The lowest BCUT2D eigenvalue weighted by Gasteiger charge is -2.10. The van der Waals surface area contributed by atoms with Gasteiger partial charge in [0.05, 0.1) is 0 Å². The molecule has 0 radical (unpaired) electrons. The van der Waals surface area contributed by atoms with Crippen LogP contribution in [0.3, 0.4) is 0 Å². The van der Waals surface area contributed by atoms with Crippen molar-refractivity contribution in [3.63, 3.8) is 0 Å². The number of anilines is 1. The molecule has 2 aromatic rings. The van der Waals surface area contributed by atoms with Crippen molar-refractivity contribution >= 4 is 17.5 Å². The number of hydrogen-bond acceptors (Lipinski definition) is 4. The van der Waals surface area contributed by atoms with Crippen LogP contribution in [0.2, 0.25) is 5.02 Å². The van der Waals surface area contributed by atoms with Crippen LogP contribution in [0.4, 0.5) is 19.1 Å². The molecule has 2 rings (SSSR count). The van der Waals surface area contributed by atoms with Crippen molar-refractivity contribution in [3.05, 3.63) is 40.5 Å². The molecule has 0 amide bonds. The number of rotatable bonds is 2. The SMILES string of the molecule is Cc1cc(Oc2cc(C(F)(F)F)nc(N)n2)ccc1Cl. The normalized spacial score (nSPS) is 11.4. The fraction of sp³-hybridized carbons (Fsp3) is 0.167. The molecule has 1 aromatic carbocycles. The van der Waals surface area contributed by atoms with Gasteiger partial charge in [0.25, 0.3) is 0 Å². The summed E-state index contributed by atoms with van der Waals surface area (Å²) in [5, 5.41) is 0.524. The summed E-state index contributed by atoms with van der Waals surface area (Å²) in [4.78, 5) is 6.73. The Kier molecular flexibility index (Phi) is 3.71. The maximum atomic E-state index is 12.6. The predicted octanol–water partition coefficient (Wildman–Crippen LogP) is 3.83. The molecule has 0 fully saturated rings. The number of benzene rings is 1. The number of alkyl halides is 3. The topological polar surface area (TPSA) is 61.0 Å². The van der Waals surface area contributed by atoms with Gasteiger partial charge in [-0.25, -0.2) is 4.98 Å². The Bertz CT molecular complexity index is 646. The average molecular weight is 304 g/mol. The van der Waals surface area contributed by atoms with E-state index >= 15 is 0 Å². The summed E-state index contributed by atoms with van der Waals surface area (Å²) in [7, 11) is 0. The van der Waals surface area contributed by atoms with Gasteiger partial charge in [-0.3, -0.25) is 0 Å². The van der Waals surface area contributed by atoms with Crippen molar-refractivity contribution in [1.29, 1.82) is 0 Å². The molecule has 1 aromatic heterocycles. The van der Waals surface area contributed by atoms with Gasteiger partial charge >= 0.3 is 6.18 Å². The number of nitrogen functional groups attached to an aromatic ring is 1. The Labute approximate surface area is 117 Å². The van der Waals surface area contributed by atoms with E-state index in [-0.39, 0.29) is 5.88 Å². The zero-order valence-corrected chi connectivity index (χ0v) is 11.0. The minimum absolute atomic E-state index is 0.286. The van der Waals surface area contributed by atoms with Gasteiger partial charge in [-0.1, -0.05) is 11.6 Å². The van der Waals surface area contributed by atoms with Crippen LogP contribution < -0.4 is 10.5 Å². The molecule has 0 spiro atoms. The van der Waals surface area contributed by atoms with Crippen LogP contribution in [0, 0.1) is 6.92 Å². The van der Waals surface area contributed by atoms with E-state index in [0.29, 0.717) is 16.8 Å². The second kappa shape index (κ2) is 5.16. The van der Waals surface area contributed by atoms with E-state index in [2.05, 4.69) is 9.97 Å². The Morgan fingerprint density at radius 1 is 1.20 bits per heavy atom. The van der Waals surface area contributed by atoms with Gasteiger partial charge < -0.3 is 10.5 Å². The van der Waals surface area contributed by atoms with Crippen molar-refractivity contribution in [2.75, 3.05) is 5.73 Å². The molecular formula is C12H9ClF3N3O. The first kappa shape index (κ1) is 14.4. The molecule has 4 nitrogen and oxygen atoms in total. The lowest BCUT2D eigenvalue weighted by atomic mass is 10.2. The second-order valence-electron chi connectivity index (χ2n) is 3.96. The smallest absolute Gasteiger partial charge is 0.433 e. The van der Waals surface area contributed by atoms with Gasteiger partial charge in [-0.2, -0.15) is 18.2 Å². The third-order valence-corrected chi connectivity index (χ3v) is 2.79. The van der Waals surface area contributed by atoms with Crippen LogP contribution in [0.1, 0.15) is 11.3 Å². The summed E-state index contributed by atoms with van der Waals surface area (Å²) in [5.41, 5.74) is 4.80. The minimum atomic E-state index is -4.62. The monoisotopic (exact) mass is 303 g/mol. The third-order valence-electron chi connectivity index (χ3n) is 2.36. The first-order valence-corrected chi connectivity index (χ1v) is 5.79. The van der Waals surface area contributed by atoms with Crippen LogP contribution in [0.25, 0.3) is 0 Å². The fourth-order valence-corrected chi connectivity index (χ4v) is 1.56. The van der Waals surface area contributed by atoms with Crippen LogP contribution in [0.5, 0.6) is 11.6 Å². The summed E-state index contributed by atoms with van der Waals surface area (Å²) in [6.45, 7) is 1.74. The van der Waals surface area contributed by atoms with E-state index in [1.807, 2.05) is 0 Å².